The Labute approximate surface area is 102 Å². The lowest BCUT2D eigenvalue weighted by Crippen LogP contribution is -2.08. The first-order valence-corrected chi connectivity index (χ1v) is 6.04. The third-order valence-electron chi connectivity index (χ3n) is 2.83. The van der Waals surface area contributed by atoms with E-state index in [-0.39, 0.29) is 0 Å². The van der Waals surface area contributed by atoms with Crippen molar-refractivity contribution >= 4 is 0 Å². The zero-order valence-electron chi connectivity index (χ0n) is 10.1. The lowest BCUT2D eigenvalue weighted by Gasteiger charge is -2.12. The third kappa shape index (κ3) is 2.94. The molecule has 0 fully saturated rings. The molecule has 3 nitrogen and oxygen atoms in total. The van der Waals surface area contributed by atoms with Gasteiger partial charge < -0.3 is 9.67 Å². The average molecular weight is 230 g/mol. The normalized spacial score (nSPS) is 12.6. The van der Waals surface area contributed by atoms with Crippen molar-refractivity contribution in [3.05, 3.63) is 54.1 Å². The molecule has 0 amide bonds. The molecule has 0 spiro atoms. The molecule has 90 valence electrons. The summed E-state index contributed by atoms with van der Waals surface area (Å²) in [6.45, 7) is 3.09. The van der Waals surface area contributed by atoms with Crippen LogP contribution in [0.1, 0.15) is 30.8 Å². The van der Waals surface area contributed by atoms with E-state index in [2.05, 4.69) is 16.5 Å². The monoisotopic (exact) mass is 230 g/mol. The Bertz CT molecular complexity index is 450. The van der Waals surface area contributed by atoms with E-state index in [1.54, 1.807) is 6.20 Å². The topological polar surface area (TPSA) is 38.0 Å². The van der Waals surface area contributed by atoms with Crippen LogP contribution in [0.5, 0.6) is 0 Å². The van der Waals surface area contributed by atoms with Crippen LogP contribution in [-0.2, 0) is 13.0 Å². The van der Waals surface area contributed by atoms with Gasteiger partial charge >= 0.3 is 0 Å². The summed E-state index contributed by atoms with van der Waals surface area (Å²) in [6, 6.07) is 9.72. The fourth-order valence-electron chi connectivity index (χ4n) is 1.94. The van der Waals surface area contributed by atoms with E-state index in [1.165, 1.54) is 0 Å². The lowest BCUT2D eigenvalue weighted by atomic mass is 10.1. The third-order valence-corrected chi connectivity index (χ3v) is 2.83. The van der Waals surface area contributed by atoms with Crippen LogP contribution in [0.15, 0.2) is 42.7 Å². The van der Waals surface area contributed by atoms with Crippen molar-refractivity contribution in [2.45, 2.75) is 32.4 Å². The van der Waals surface area contributed by atoms with Gasteiger partial charge in [-0.2, -0.15) is 0 Å². The van der Waals surface area contributed by atoms with Crippen molar-refractivity contribution in [3.63, 3.8) is 0 Å². The molecule has 0 bridgehead atoms. The van der Waals surface area contributed by atoms with Gasteiger partial charge in [0.2, 0.25) is 0 Å². The Morgan fingerprint density at radius 2 is 2.06 bits per heavy atom. The molecule has 0 aliphatic rings. The standard InChI is InChI=1S/C14H18N2O/c1-2-9-16-10-8-15-14(16)11-13(17)12-6-4-3-5-7-12/h3-8,10,13,17H,2,9,11H2,1H3. The van der Waals surface area contributed by atoms with E-state index in [1.807, 2.05) is 36.5 Å². The highest BCUT2D eigenvalue weighted by Gasteiger charge is 2.11. The Morgan fingerprint density at radius 3 is 2.76 bits per heavy atom. The number of hydrogen-bond acceptors (Lipinski definition) is 2. The highest BCUT2D eigenvalue weighted by atomic mass is 16.3. The number of nitrogens with zero attached hydrogens (tertiary/aromatic N) is 2. The molecule has 0 aliphatic heterocycles. The van der Waals surface area contributed by atoms with Gasteiger partial charge in [-0.05, 0) is 12.0 Å². The van der Waals surface area contributed by atoms with Crippen LogP contribution in [0.2, 0.25) is 0 Å². The van der Waals surface area contributed by atoms with E-state index >= 15 is 0 Å². The molecule has 1 aromatic heterocycles. The van der Waals surface area contributed by atoms with Gasteiger partial charge in [0.05, 0.1) is 6.10 Å². The Balaban J connectivity index is 2.08. The van der Waals surface area contributed by atoms with Gasteiger partial charge in [0.15, 0.2) is 0 Å². The van der Waals surface area contributed by atoms with Crippen molar-refractivity contribution in [3.8, 4) is 0 Å². The average Bonchev–Trinajstić information content (AvgIpc) is 2.78. The van der Waals surface area contributed by atoms with E-state index in [0.717, 1.165) is 24.4 Å². The van der Waals surface area contributed by atoms with Crippen LogP contribution < -0.4 is 0 Å². The number of imidazole rings is 1. The number of aliphatic hydroxyl groups excluding tert-OH is 1. The molecule has 17 heavy (non-hydrogen) atoms. The molecule has 2 aromatic rings. The highest BCUT2D eigenvalue weighted by Crippen LogP contribution is 2.17. The summed E-state index contributed by atoms with van der Waals surface area (Å²) >= 11 is 0. The smallest absolute Gasteiger partial charge is 0.111 e. The van der Waals surface area contributed by atoms with E-state index in [0.29, 0.717) is 6.42 Å². The maximum atomic E-state index is 10.1. The molecule has 2 rings (SSSR count). The van der Waals surface area contributed by atoms with E-state index in [9.17, 15) is 5.11 Å². The van der Waals surface area contributed by atoms with Gasteiger partial charge in [-0.25, -0.2) is 4.98 Å². The fourth-order valence-corrected chi connectivity index (χ4v) is 1.94. The van der Waals surface area contributed by atoms with E-state index < -0.39 is 6.10 Å². The summed E-state index contributed by atoms with van der Waals surface area (Å²) in [7, 11) is 0. The second kappa shape index (κ2) is 5.64. The van der Waals surface area contributed by atoms with Gasteiger partial charge in [0.1, 0.15) is 5.82 Å². The molecule has 1 aromatic carbocycles. The first-order chi connectivity index (χ1) is 8.31. The number of aliphatic hydroxyl groups is 1. The molecule has 1 unspecified atom stereocenters. The predicted molar refractivity (Wildman–Crippen MR) is 67.6 cm³/mol. The van der Waals surface area contributed by atoms with E-state index in [4.69, 9.17) is 0 Å². The van der Waals surface area contributed by atoms with Gasteiger partial charge in [-0.15, -0.1) is 0 Å². The molecule has 1 atom stereocenters. The quantitative estimate of drug-likeness (QED) is 0.857. The summed E-state index contributed by atoms with van der Waals surface area (Å²) in [5, 5.41) is 10.1. The molecule has 1 N–H and O–H groups in total. The second-order valence-corrected chi connectivity index (χ2v) is 4.17. The number of hydrogen-bond donors (Lipinski definition) is 1. The minimum absolute atomic E-state index is 0.478. The zero-order chi connectivity index (χ0) is 12.1. The van der Waals surface area contributed by atoms with Crippen LogP contribution in [0.25, 0.3) is 0 Å². The maximum Gasteiger partial charge on any atom is 0.111 e. The van der Waals surface area contributed by atoms with Crippen LogP contribution >= 0.6 is 0 Å². The molecular formula is C14H18N2O. The van der Waals surface area contributed by atoms with Gasteiger partial charge in [0.25, 0.3) is 0 Å². The number of benzene rings is 1. The van der Waals surface area contributed by atoms with Gasteiger partial charge in [-0.3, -0.25) is 0 Å². The van der Waals surface area contributed by atoms with Gasteiger partial charge in [0, 0.05) is 25.4 Å². The van der Waals surface area contributed by atoms with Crippen LogP contribution in [0.3, 0.4) is 0 Å². The summed E-state index contributed by atoms with van der Waals surface area (Å²) < 4.78 is 2.10. The van der Waals surface area contributed by atoms with Crippen LogP contribution in [0, 0.1) is 0 Å². The maximum absolute atomic E-state index is 10.1. The van der Waals surface area contributed by atoms with Crippen molar-refractivity contribution in [1.82, 2.24) is 9.55 Å². The van der Waals surface area contributed by atoms with Gasteiger partial charge in [-0.1, -0.05) is 37.3 Å². The first kappa shape index (κ1) is 11.9. The van der Waals surface area contributed by atoms with Crippen molar-refractivity contribution in [1.29, 1.82) is 0 Å². The van der Waals surface area contributed by atoms with Crippen molar-refractivity contribution in [2.75, 3.05) is 0 Å². The number of aromatic nitrogens is 2. The predicted octanol–water partition coefficient (Wildman–Crippen LogP) is 2.57. The summed E-state index contributed by atoms with van der Waals surface area (Å²) in [5.74, 6) is 0.947. The Kier molecular flexibility index (Phi) is 3.94. The number of rotatable bonds is 5. The van der Waals surface area contributed by atoms with Crippen molar-refractivity contribution in [2.24, 2.45) is 0 Å². The fraction of sp³-hybridized carbons (Fsp3) is 0.357. The SMILES string of the molecule is CCCn1ccnc1CC(O)c1ccccc1. The minimum Gasteiger partial charge on any atom is -0.388 e. The summed E-state index contributed by atoms with van der Waals surface area (Å²) in [6.07, 6.45) is 4.93. The Hall–Kier alpha value is -1.61. The molecule has 0 radical (unpaired) electrons. The molecule has 1 heterocycles. The molecule has 3 heteroatoms. The van der Waals surface area contributed by atoms with Crippen LogP contribution in [-0.4, -0.2) is 14.7 Å². The first-order valence-electron chi connectivity index (χ1n) is 6.04. The van der Waals surface area contributed by atoms with Crippen molar-refractivity contribution < 1.29 is 5.11 Å². The summed E-state index contributed by atoms with van der Waals surface area (Å²) in [5.41, 5.74) is 0.943. The molecule has 0 saturated heterocycles. The zero-order valence-corrected chi connectivity index (χ0v) is 10.1. The highest BCUT2D eigenvalue weighted by molar-refractivity contribution is 5.18. The largest absolute Gasteiger partial charge is 0.388 e. The molecule has 0 aliphatic carbocycles. The Morgan fingerprint density at radius 1 is 1.29 bits per heavy atom. The lowest BCUT2D eigenvalue weighted by molar-refractivity contribution is 0.174. The number of aryl methyl sites for hydroxylation is 1. The second-order valence-electron chi connectivity index (χ2n) is 4.17. The molecule has 0 saturated carbocycles. The minimum atomic E-state index is -0.478. The summed E-state index contributed by atoms with van der Waals surface area (Å²) in [4.78, 5) is 4.30. The molecular weight excluding hydrogens is 212 g/mol. The van der Waals surface area contributed by atoms with Crippen LogP contribution in [0.4, 0.5) is 0 Å².